The van der Waals surface area contributed by atoms with Crippen LogP contribution in [0.4, 0.5) is 0 Å². The van der Waals surface area contributed by atoms with E-state index >= 15 is 0 Å². The van der Waals surface area contributed by atoms with E-state index in [0.717, 1.165) is 0 Å². The Morgan fingerprint density at radius 3 is 2.53 bits per heavy atom. The Kier molecular flexibility index (Phi) is 3.94. The van der Waals surface area contributed by atoms with Gasteiger partial charge in [0, 0.05) is 19.8 Å². The zero-order chi connectivity index (χ0) is 13.2. The Morgan fingerprint density at radius 2 is 2.12 bits per heavy atom. The summed E-state index contributed by atoms with van der Waals surface area (Å²) in [5.74, 6) is -0.443. The van der Waals surface area contributed by atoms with Crippen LogP contribution in [0.3, 0.4) is 0 Å². The van der Waals surface area contributed by atoms with Gasteiger partial charge in [-0.1, -0.05) is 13.8 Å². The number of carbonyl (C=O) groups excluding carboxylic acids is 1. The summed E-state index contributed by atoms with van der Waals surface area (Å²) < 4.78 is 27.6. The van der Waals surface area contributed by atoms with Crippen LogP contribution in [0.25, 0.3) is 0 Å². The van der Waals surface area contributed by atoms with Gasteiger partial charge in [0.25, 0.3) is 5.91 Å². The van der Waals surface area contributed by atoms with Crippen LogP contribution in [0.5, 0.6) is 0 Å². The van der Waals surface area contributed by atoms with Crippen LogP contribution in [0.15, 0.2) is 17.2 Å². The first-order valence-electron chi connectivity index (χ1n) is 5.20. The maximum atomic E-state index is 11.8. The van der Waals surface area contributed by atoms with Crippen molar-refractivity contribution in [3.8, 4) is 0 Å². The van der Waals surface area contributed by atoms with Gasteiger partial charge in [-0.15, -0.1) is 0 Å². The van der Waals surface area contributed by atoms with E-state index in [2.05, 4.69) is 4.72 Å². The van der Waals surface area contributed by atoms with Crippen molar-refractivity contribution in [1.29, 1.82) is 0 Å². The van der Waals surface area contributed by atoms with Gasteiger partial charge in [-0.3, -0.25) is 4.79 Å². The second-order valence-electron chi connectivity index (χ2n) is 4.28. The molecule has 0 radical (unpaired) electrons. The monoisotopic (exact) mass is 259 g/mol. The van der Waals surface area contributed by atoms with Gasteiger partial charge in [0.1, 0.15) is 10.6 Å². The summed E-state index contributed by atoms with van der Waals surface area (Å²) in [7, 11) is -2.00. The van der Waals surface area contributed by atoms with E-state index in [1.54, 1.807) is 7.05 Å². The molecule has 0 unspecified atom stereocenters. The summed E-state index contributed by atoms with van der Waals surface area (Å²) in [6.07, 6.45) is 1.36. The molecule has 3 N–H and O–H groups in total. The molecule has 1 aromatic rings. The molecular formula is C10H17N3O3S. The smallest absolute Gasteiger partial charge is 0.265 e. The molecule has 0 aromatic carbocycles. The number of carbonyl (C=O) groups is 1. The number of rotatable bonds is 5. The number of nitrogens with one attached hydrogen (secondary N) is 1. The molecule has 0 aliphatic carbocycles. The van der Waals surface area contributed by atoms with Crippen LogP contribution >= 0.6 is 0 Å². The lowest BCUT2D eigenvalue weighted by Crippen LogP contribution is -2.27. The van der Waals surface area contributed by atoms with Gasteiger partial charge in [0.2, 0.25) is 10.0 Å². The first kappa shape index (κ1) is 13.7. The minimum atomic E-state index is -3.57. The molecule has 0 aliphatic heterocycles. The third kappa shape index (κ3) is 3.31. The largest absolute Gasteiger partial charge is 0.364 e. The maximum absolute atomic E-state index is 11.8. The molecule has 0 aliphatic rings. The van der Waals surface area contributed by atoms with E-state index in [4.69, 9.17) is 5.73 Å². The molecule has 7 heteroatoms. The SMILES string of the molecule is CC(C)CNS(=O)(=O)c1cc(C(N)=O)n(C)c1. The quantitative estimate of drug-likeness (QED) is 0.782. The van der Waals surface area contributed by atoms with Gasteiger partial charge >= 0.3 is 0 Å². The van der Waals surface area contributed by atoms with Crippen LogP contribution in [0.2, 0.25) is 0 Å². The molecule has 0 fully saturated rings. The average molecular weight is 259 g/mol. The third-order valence-electron chi connectivity index (χ3n) is 2.22. The topological polar surface area (TPSA) is 94.2 Å². The van der Waals surface area contributed by atoms with Gasteiger partial charge in [-0.25, -0.2) is 13.1 Å². The molecule has 1 aromatic heterocycles. The number of nitrogens with two attached hydrogens (primary N) is 1. The molecule has 0 spiro atoms. The first-order valence-corrected chi connectivity index (χ1v) is 6.68. The maximum Gasteiger partial charge on any atom is 0.265 e. The molecule has 1 amide bonds. The number of aryl methyl sites for hydroxylation is 1. The van der Waals surface area contributed by atoms with Gasteiger partial charge in [-0.05, 0) is 12.0 Å². The first-order chi connectivity index (χ1) is 7.74. The van der Waals surface area contributed by atoms with Crippen molar-refractivity contribution in [1.82, 2.24) is 9.29 Å². The van der Waals surface area contributed by atoms with Crippen molar-refractivity contribution in [3.05, 3.63) is 18.0 Å². The molecule has 0 saturated heterocycles. The molecule has 0 bridgehead atoms. The molecule has 1 rings (SSSR count). The highest BCUT2D eigenvalue weighted by atomic mass is 32.2. The van der Waals surface area contributed by atoms with E-state index in [0.29, 0.717) is 6.54 Å². The molecule has 17 heavy (non-hydrogen) atoms. The fraction of sp³-hybridized carbons (Fsp3) is 0.500. The fourth-order valence-electron chi connectivity index (χ4n) is 1.29. The van der Waals surface area contributed by atoms with Crippen molar-refractivity contribution >= 4 is 15.9 Å². The zero-order valence-corrected chi connectivity index (χ0v) is 10.9. The Hall–Kier alpha value is -1.34. The summed E-state index contributed by atoms with van der Waals surface area (Å²) >= 11 is 0. The summed E-state index contributed by atoms with van der Waals surface area (Å²) in [6, 6.07) is 1.27. The normalized spacial score (nSPS) is 12.0. The van der Waals surface area contributed by atoms with E-state index in [9.17, 15) is 13.2 Å². The molecule has 96 valence electrons. The number of hydrogen-bond acceptors (Lipinski definition) is 3. The number of aromatic nitrogens is 1. The number of sulfonamides is 1. The van der Waals surface area contributed by atoms with Gasteiger partial charge in [-0.2, -0.15) is 0 Å². The Bertz CT molecular complexity index is 517. The second-order valence-corrected chi connectivity index (χ2v) is 6.05. The molecule has 6 nitrogen and oxygen atoms in total. The lowest BCUT2D eigenvalue weighted by molar-refractivity contribution is 0.0992. The third-order valence-corrected chi connectivity index (χ3v) is 3.61. The minimum absolute atomic E-state index is 0.0504. The van der Waals surface area contributed by atoms with Crippen LogP contribution in [0, 0.1) is 5.92 Å². The molecular weight excluding hydrogens is 242 g/mol. The highest BCUT2D eigenvalue weighted by Crippen LogP contribution is 2.13. The fourth-order valence-corrected chi connectivity index (χ4v) is 2.57. The van der Waals surface area contributed by atoms with Crippen molar-refractivity contribution in [2.75, 3.05) is 6.54 Å². The van der Waals surface area contributed by atoms with Crippen molar-refractivity contribution in [3.63, 3.8) is 0 Å². The van der Waals surface area contributed by atoms with Crippen LogP contribution < -0.4 is 10.5 Å². The van der Waals surface area contributed by atoms with Crippen molar-refractivity contribution in [2.24, 2.45) is 18.7 Å². The summed E-state index contributed by atoms with van der Waals surface area (Å²) in [5.41, 5.74) is 5.28. The van der Waals surface area contributed by atoms with Crippen LogP contribution in [-0.4, -0.2) is 25.4 Å². The Morgan fingerprint density at radius 1 is 1.53 bits per heavy atom. The summed E-state index contributed by atoms with van der Waals surface area (Å²) in [4.78, 5) is 11.1. The standard InChI is InChI=1S/C10H17N3O3S/c1-7(2)5-12-17(15,16)8-4-9(10(11)14)13(3)6-8/h4,6-7,12H,5H2,1-3H3,(H2,11,14). The van der Waals surface area contributed by atoms with Crippen molar-refractivity contribution < 1.29 is 13.2 Å². The lowest BCUT2D eigenvalue weighted by atomic mass is 10.2. The molecule has 0 atom stereocenters. The predicted molar refractivity (Wildman–Crippen MR) is 64.0 cm³/mol. The van der Waals surface area contributed by atoms with E-state index in [1.807, 2.05) is 13.8 Å². The Labute approximate surface area is 101 Å². The summed E-state index contributed by atoms with van der Waals surface area (Å²) in [5, 5.41) is 0. The molecule has 0 saturated carbocycles. The van der Waals surface area contributed by atoms with Gasteiger partial charge in [0.15, 0.2) is 0 Å². The predicted octanol–water partition coefficient (Wildman–Crippen LogP) is 0.0583. The van der Waals surface area contributed by atoms with Gasteiger partial charge < -0.3 is 10.3 Å². The van der Waals surface area contributed by atoms with E-state index in [-0.39, 0.29) is 16.5 Å². The van der Waals surface area contributed by atoms with E-state index < -0.39 is 15.9 Å². The minimum Gasteiger partial charge on any atom is -0.364 e. The highest BCUT2D eigenvalue weighted by Gasteiger charge is 2.19. The number of amides is 1. The van der Waals surface area contributed by atoms with E-state index in [1.165, 1.54) is 16.8 Å². The summed E-state index contributed by atoms with van der Waals surface area (Å²) in [6.45, 7) is 4.16. The highest BCUT2D eigenvalue weighted by molar-refractivity contribution is 7.89. The average Bonchev–Trinajstić information content (AvgIpc) is 2.58. The number of primary amides is 1. The van der Waals surface area contributed by atoms with Crippen LogP contribution in [0.1, 0.15) is 24.3 Å². The second kappa shape index (κ2) is 4.89. The van der Waals surface area contributed by atoms with Crippen molar-refractivity contribution in [2.45, 2.75) is 18.7 Å². The van der Waals surface area contributed by atoms with Crippen LogP contribution in [-0.2, 0) is 17.1 Å². The Balaban J connectivity index is 3.00. The number of nitrogens with zero attached hydrogens (tertiary/aromatic N) is 1. The lowest BCUT2D eigenvalue weighted by Gasteiger charge is -2.06. The number of hydrogen-bond donors (Lipinski definition) is 2. The van der Waals surface area contributed by atoms with Gasteiger partial charge in [0.05, 0.1) is 0 Å². The molecule has 1 heterocycles. The zero-order valence-electron chi connectivity index (χ0n) is 10.1.